The van der Waals surface area contributed by atoms with Crippen LogP contribution in [0.4, 0.5) is 5.82 Å². The second-order valence-electron chi connectivity index (χ2n) is 6.82. The SMILES string of the molecule is CC(C)(C)SCC(=O)Nc1c2c(nn1-c1ccccc1)CCC2. The van der Waals surface area contributed by atoms with Crippen LogP contribution >= 0.6 is 11.8 Å². The molecule has 0 spiro atoms. The summed E-state index contributed by atoms with van der Waals surface area (Å²) in [5, 5.41) is 7.82. The molecule has 1 N–H and O–H groups in total. The third-order valence-corrected chi connectivity index (χ3v) is 5.07. The van der Waals surface area contributed by atoms with Crippen LogP contribution in [0.5, 0.6) is 0 Å². The minimum atomic E-state index is 0.0386. The molecule has 1 aromatic carbocycles. The van der Waals surface area contributed by atoms with Crippen molar-refractivity contribution in [2.24, 2.45) is 0 Å². The van der Waals surface area contributed by atoms with Gasteiger partial charge >= 0.3 is 0 Å². The number of amides is 1. The number of anilines is 1. The molecular weight excluding hydrogens is 306 g/mol. The molecule has 0 aliphatic heterocycles. The van der Waals surface area contributed by atoms with Crippen molar-refractivity contribution < 1.29 is 4.79 Å². The highest BCUT2D eigenvalue weighted by molar-refractivity contribution is 8.01. The van der Waals surface area contributed by atoms with Gasteiger partial charge in [-0.2, -0.15) is 5.10 Å². The molecule has 2 aromatic rings. The first-order chi connectivity index (χ1) is 10.9. The first-order valence-electron chi connectivity index (χ1n) is 8.04. The normalized spacial score (nSPS) is 13.9. The van der Waals surface area contributed by atoms with Gasteiger partial charge in [-0.25, -0.2) is 4.68 Å². The number of benzene rings is 1. The molecule has 1 heterocycles. The van der Waals surface area contributed by atoms with E-state index in [0.29, 0.717) is 5.75 Å². The van der Waals surface area contributed by atoms with Gasteiger partial charge in [-0.15, -0.1) is 11.8 Å². The van der Waals surface area contributed by atoms with E-state index in [4.69, 9.17) is 5.10 Å². The molecule has 1 aliphatic carbocycles. The van der Waals surface area contributed by atoms with E-state index in [9.17, 15) is 4.79 Å². The van der Waals surface area contributed by atoms with E-state index in [-0.39, 0.29) is 10.7 Å². The zero-order chi connectivity index (χ0) is 16.4. The Morgan fingerprint density at radius 2 is 2.00 bits per heavy atom. The van der Waals surface area contributed by atoms with Gasteiger partial charge in [-0.3, -0.25) is 4.79 Å². The predicted molar refractivity (Wildman–Crippen MR) is 96.4 cm³/mol. The number of aromatic nitrogens is 2. The molecule has 1 aromatic heterocycles. The number of para-hydroxylation sites is 1. The summed E-state index contributed by atoms with van der Waals surface area (Å²) in [6.07, 6.45) is 3.10. The zero-order valence-electron chi connectivity index (χ0n) is 13.9. The van der Waals surface area contributed by atoms with E-state index in [0.717, 1.165) is 36.5 Å². The fraction of sp³-hybridized carbons (Fsp3) is 0.444. The van der Waals surface area contributed by atoms with Crippen LogP contribution in [0.25, 0.3) is 5.69 Å². The van der Waals surface area contributed by atoms with E-state index in [2.05, 4.69) is 26.1 Å². The number of hydrogen-bond donors (Lipinski definition) is 1. The molecule has 4 nitrogen and oxygen atoms in total. The van der Waals surface area contributed by atoms with Crippen molar-refractivity contribution in [3.8, 4) is 5.69 Å². The molecule has 122 valence electrons. The monoisotopic (exact) mass is 329 g/mol. The lowest BCUT2D eigenvalue weighted by Gasteiger charge is -2.17. The van der Waals surface area contributed by atoms with Crippen LogP contribution in [0.2, 0.25) is 0 Å². The Balaban J connectivity index is 1.85. The number of nitrogens with zero attached hydrogens (tertiary/aromatic N) is 2. The third kappa shape index (κ3) is 3.78. The average Bonchev–Trinajstić information content (AvgIpc) is 3.08. The third-order valence-electron chi connectivity index (χ3n) is 3.80. The smallest absolute Gasteiger partial charge is 0.235 e. The number of fused-ring (bicyclic) bond motifs is 1. The van der Waals surface area contributed by atoms with Crippen molar-refractivity contribution in [2.75, 3.05) is 11.1 Å². The highest BCUT2D eigenvalue weighted by Gasteiger charge is 2.24. The minimum Gasteiger partial charge on any atom is -0.310 e. The van der Waals surface area contributed by atoms with Gasteiger partial charge < -0.3 is 5.32 Å². The van der Waals surface area contributed by atoms with Gasteiger partial charge in [0.25, 0.3) is 0 Å². The van der Waals surface area contributed by atoms with Gasteiger partial charge in [0.1, 0.15) is 5.82 Å². The van der Waals surface area contributed by atoms with Gasteiger partial charge in [-0.05, 0) is 31.4 Å². The van der Waals surface area contributed by atoms with Crippen LogP contribution in [-0.4, -0.2) is 26.2 Å². The van der Waals surface area contributed by atoms with E-state index in [1.807, 2.05) is 35.0 Å². The van der Waals surface area contributed by atoms with Crippen molar-refractivity contribution in [3.05, 3.63) is 41.6 Å². The van der Waals surface area contributed by atoms with Crippen molar-refractivity contribution in [1.82, 2.24) is 9.78 Å². The van der Waals surface area contributed by atoms with Crippen LogP contribution in [0.1, 0.15) is 38.4 Å². The number of carbonyl (C=O) groups excluding carboxylic acids is 1. The van der Waals surface area contributed by atoms with Crippen LogP contribution in [0, 0.1) is 0 Å². The standard InChI is InChI=1S/C18H23N3OS/c1-18(2,3)23-12-16(22)19-17-14-10-7-11-15(14)20-21(17)13-8-5-4-6-9-13/h4-6,8-9H,7,10-12H2,1-3H3,(H,19,22). The first-order valence-corrected chi connectivity index (χ1v) is 9.02. The maximum Gasteiger partial charge on any atom is 0.235 e. The molecule has 0 atom stereocenters. The Labute approximate surface area is 141 Å². The summed E-state index contributed by atoms with van der Waals surface area (Å²) >= 11 is 1.66. The molecule has 5 heteroatoms. The fourth-order valence-corrected chi connectivity index (χ4v) is 3.36. The number of hydrogen-bond acceptors (Lipinski definition) is 3. The minimum absolute atomic E-state index is 0.0386. The summed E-state index contributed by atoms with van der Waals surface area (Å²) < 4.78 is 1.96. The molecular formula is C18H23N3OS. The molecule has 0 radical (unpaired) electrons. The van der Waals surface area contributed by atoms with Crippen molar-refractivity contribution in [3.63, 3.8) is 0 Å². The van der Waals surface area contributed by atoms with E-state index in [1.165, 1.54) is 5.56 Å². The molecule has 0 unspecified atom stereocenters. The van der Waals surface area contributed by atoms with Crippen molar-refractivity contribution >= 4 is 23.5 Å². The summed E-state index contributed by atoms with van der Waals surface area (Å²) in [4.78, 5) is 12.4. The van der Waals surface area contributed by atoms with Crippen LogP contribution in [-0.2, 0) is 17.6 Å². The second kappa shape index (κ2) is 6.40. The molecule has 23 heavy (non-hydrogen) atoms. The lowest BCUT2D eigenvalue weighted by atomic mass is 10.2. The highest BCUT2D eigenvalue weighted by Crippen LogP contribution is 2.31. The van der Waals surface area contributed by atoms with Gasteiger partial charge in [0.15, 0.2) is 0 Å². The fourth-order valence-electron chi connectivity index (χ4n) is 2.73. The summed E-state index contributed by atoms with van der Waals surface area (Å²) in [7, 11) is 0. The number of thioether (sulfide) groups is 1. The van der Waals surface area contributed by atoms with Gasteiger partial charge in [0, 0.05) is 10.3 Å². The highest BCUT2D eigenvalue weighted by atomic mass is 32.2. The van der Waals surface area contributed by atoms with Crippen LogP contribution in [0.15, 0.2) is 30.3 Å². The van der Waals surface area contributed by atoms with Crippen LogP contribution in [0.3, 0.4) is 0 Å². The Morgan fingerprint density at radius 1 is 1.26 bits per heavy atom. The Hall–Kier alpha value is -1.75. The topological polar surface area (TPSA) is 46.9 Å². The van der Waals surface area contributed by atoms with E-state index in [1.54, 1.807) is 11.8 Å². The summed E-state index contributed by atoms with van der Waals surface area (Å²) in [5.41, 5.74) is 3.30. The first kappa shape index (κ1) is 16.1. The molecule has 0 saturated heterocycles. The molecule has 0 fully saturated rings. The predicted octanol–water partition coefficient (Wildman–Crippen LogP) is 3.83. The average molecular weight is 329 g/mol. The maximum atomic E-state index is 12.4. The second-order valence-corrected chi connectivity index (χ2v) is 8.63. The Morgan fingerprint density at radius 3 is 2.70 bits per heavy atom. The maximum absolute atomic E-state index is 12.4. The van der Waals surface area contributed by atoms with E-state index >= 15 is 0 Å². The molecule has 0 saturated carbocycles. The van der Waals surface area contributed by atoms with Gasteiger partial charge in [-0.1, -0.05) is 39.0 Å². The molecule has 3 rings (SSSR count). The molecule has 1 amide bonds. The number of nitrogens with one attached hydrogen (secondary N) is 1. The molecule has 0 bridgehead atoms. The van der Waals surface area contributed by atoms with Crippen LogP contribution < -0.4 is 5.32 Å². The number of carbonyl (C=O) groups is 1. The van der Waals surface area contributed by atoms with Gasteiger partial charge in [0.05, 0.1) is 17.1 Å². The lowest BCUT2D eigenvalue weighted by Crippen LogP contribution is -2.21. The van der Waals surface area contributed by atoms with E-state index < -0.39 is 0 Å². The molecule has 1 aliphatic rings. The quantitative estimate of drug-likeness (QED) is 0.927. The number of rotatable bonds is 4. The van der Waals surface area contributed by atoms with Gasteiger partial charge in [0.2, 0.25) is 5.91 Å². The largest absolute Gasteiger partial charge is 0.310 e. The lowest BCUT2D eigenvalue weighted by molar-refractivity contribution is -0.113. The summed E-state index contributed by atoms with van der Waals surface area (Å²) in [6, 6.07) is 9.99. The zero-order valence-corrected chi connectivity index (χ0v) is 14.7. The Kier molecular flexibility index (Phi) is 4.48. The summed E-state index contributed by atoms with van der Waals surface area (Å²) in [5.74, 6) is 1.35. The summed E-state index contributed by atoms with van der Waals surface area (Å²) in [6.45, 7) is 6.37. The van der Waals surface area contributed by atoms with Crippen molar-refractivity contribution in [1.29, 1.82) is 0 Å². The van der Waals surface area contributed by atoms with Crippen molar-refractivity contribution in [2.45, 2.75) is 44.8 Å². The Bertz CT molecular complexity index is 701. The number of aryl methyl sites for hydroxylation is 1.